The van der Waals surface area contributed by atoms with Crippen molar-refractivity contribution in [3.05, 3.63) is 34.9 Å². The Hall–Kier alpha value is -0.580. The lowest BCUT2D eigenvalue weighted by atomic mass is 10.1. The van der Waals surface area contributed by atoms with E-state index in [0.29, 0.717) is 13.1 Å². The van der Waals surface area contributed by atoms with Gasteiger partial charge in [-0.25, -0.2) is 8.42 Å². The van der Waals surface area contributed by atoms with E-state index in [4.69, 9.17) is 11.6 Å². The number of nitrogens with one attached hydrogen (secondary N) is 2. The molecule has 0 spiro atoms. The topological polar surface area (TPSA) is 73.8 Å². The van der Waals surface area contributed by atoms with Gasteiger partial charge in [0, 0.05) is 44.8 Å². The Bertz CT molecular complexity index is 639. The van der Waals surface area contributed by atoms with Crippen molar-refractivity contribution >= 4 is 51.4 Å². The number of nitrogens with zero attached hydrogens (tertiary/aromatic N) is 2. The first-order valence-electron chi connectivity index (χ1n) is 8.10. The molecule has 1 fully saturated rings. The Morgan fingerprint density at radius 1 is 1.16 bits per heavy atom. The van der Waals surface area contributed by atoms with Gasteiger partial charge in [-0.2, -0.15) is 0 Å². The zero-order valence-electron chi connectivity index (χ0n) is 14.4. The van der Waals surface area contributed by atoms with Crippen LogP contribution in [0.5, 0.6) is 0 Å². The average molecular weight is 501 g/mol. The first-order valence-corrected chi connectivity index (χ1v) is 10.3. The fourth-order valence-corrected chi connectivity index (χ4v) is 3.91. The quantitative estimate of drug-likeness (QED) is 0.351. The summed E-state index contributed by atoms with van der Waals surface area (Å²) in [5, 5.41) is 7.28. The second-order valence-electron chi connectivity index (χ2n) is 5.80. The maximum absolute atomic E-state index is 11.4. The molecule has 1 aromatic rings. The number of hydrogen-bond donors (Lipinski definition) is 2. The van der Waals surface area contributed by atoms with E-state index in [-0.39, 0.29) is 35.5 Å². The van der Waals surface area contributed by atoms with Crippen LogP contribution in [0.4, 0.5) is 0 Å². The van der Waals surface area contributed by atoms with Gasteiger partial charge in [-0.3, -0.25) is 9.89 Å². The highest BCUT2D eigenvalue weighted by Crippen LogP contribution is 2.09. The molecule has 25 heavy (non-hydrogen) atoms. The second kappa shape index (κ2) is 11.2. The molecule has 9 heteroatoms. The number of sulfone groups is 1. The van der Waals surface area contributed by atoms with Gasteiger partial charge < -0.3 is 10.6 Å². The van der Waals surface area contributed by atoms with Gasteiger partial charge in [-0.15, -0.1) is 24.0 Å². The third kappa shape index (κ3) is 8.57. The van der Waals surface area contributed by atoms with Crippen LogP contribution in [0.3, 0.4) is 0 Å². The van der Waals surface area contributed by atoms with Crippen LogP contribution >= 0.6 is 35.6 Å². The molecule has 1 aliphatic rings. The maximum Gasteiger partial charge on any atom is 0.191 e. The van der Waals surface area contributed by atoms with Crippen LogP contribution in [0.2, 0.25) is 5.02 Å². The molecule has 1 saturated heterocycles. The SMILES string of the molecule is CN=C(NCCc1ccc(Cl)cc1)NCCN1CCS(=O)(=O)CC1.I. The molecular formula is C16H26ClIN4O2S. The molecule has 0 radical (unpaired) electrons. The van der Waals surface area contributed by atoms with E-state index in [1.807, 2.05) is 24.3 Å². The number of rotatable bonds is 6. The van der Waals surface area contributed by atoms with Gasteiger partial charge in [-0.1, -0.05) is 23.7 Å². The minimum atomic E-state index is -2.81. The number of benzene rings is 1. The first-order chi connectivity index (χ1) is 11.5. The number of aliphatic imine (C=N–C) groups is 1. The summed E-state index contributed by atoms with van der Waals surface area (Å²) in [4.78, 5) is 6.36. The van der Waals surface area contributed by atoms with Gasteiger partial charge in [0.1, 0.15) is 0 Å². The summed E-state index contributed by atoms with van der Waals surface area (Å²) >= 11 is 5.87. The van der Waals surface area contributed by atoms with Crippen LogP contribution in [0.25, 0.3) is 0 Å². The summed E-state index contributed by atoms with van der Waals surface area (Å²) in [6, 6.07) is 7.82. The van der Waals surface area contributed by atoms with Crippen molar-refractivity contribution in [2.75, 3.05) is 51.3 Å². The Morgan fingerprint density at radius 2 is 1.76 bits per heavy atom. The van der Waals surface area contributed by atoms with E-state index < -0.39 is 9.84 Å². The highest BCUT2D eigenvalue weighted by molar-refractivity contribution is 14.0. The third-order valence-electron chi connectivity index (χ3n) is 4.00. The van der Waals surface area contributed by atoms with Gasteiger partial charge in [0.25, 0.3) is 0 Å². The van der Waals surface area contributed by atoms with Crippen molar-refractivity contribution in [1.29, 1.82) is 0 Å². The van der Waals surface area contributed by atoms with Crippen LogP contribution in [-0.4, -0.2) is 70.6 Å². The summed E-state index contributed by atoms with van der Waals surface area (Å²) < 4.78 is 22.8. The van der Waals surface area contributed by atoms with Crippen molar-refractivity contribution < 1.29 is 8.42 Å². The molecule has 0 amide bonds. The van der Waals surface area contributed by atoms with Gasteiger partial charge in [0.05, 0.1) is 11.5 Å². The highest BCUT2D eigenvalue weighted by Gasteiger charge is 2.20. The zero-order valence-corrected chi connectivity index (χ0v) is 18.3. The van der Waals surface area contributed by atoms with E-state index in [1.165, 1.54) is 5.56 Å². The molecular weight excluding hydrogens is 475 g/mol. The van der Waals surface area contributed by atoms with Crippen LogP contribution < -0.4 is 10.6 Å². The fourth-order valence-electron chi connectivity index (χ4n) is 2.50. The predicted molar refractivity (Wildman–Crippen MR) is 115 cm³/mol. The van der Waals surface area contributed by atoms with Crippen LogP contribution in [0.15, 0.2) is 29.3 Å². The van der Waals surface area contributed by atoms with E-state index in [2.05, 4.69) is 20.5 Å². The van der Waals surface area contributed by atoms with Crippen LogP contribution in [0.1, 0.15) is 5.56 Å². The Balaban J connectivity index is 0.00000312. The molecule has 0 aromatic heterocycles. The summed E-state index contributed by atoms with van der Waals surface area (Å²) in [6.45, 7) is 3.57. The van der Waals surface area contributed by atoms with Gasteiger partial charge in [0.15, 0.2) is 15.8 Å². The molecule has 6 nitrogen and oxygen atoms in total. The number of guanidine groups is 1. The average Bonchev–Trinajstić information content (AvgIpc) is 2.56. The van der Waals surface area contributed by atoms with Crippen molar-refractivity contribution in [2.24, 2.45) is 4.99 Å². The maximum atomic E-state index is 11.4. The molecule has 0 unspecified atom stereocenters. The van der Waals surface area contributed by atoms with Crippen LogP contribution in [0, 0.1) is 0 Å². The molecule has 1 aromatic carbocycles. The molecule has 1 heterocycles. The second-order valence-corrected chi connectivity index (χ2v) is 8.54. The molecule has 0 bridgehead atoms. The Morgan fingerprint density at radius 3 is 2.36 bits per heavy atom. The smallest absolute Gasteiger partial charge is 0.191 e. The number of halogens is 2. The van der Waals surface area contributed by atoms with Gasteiger partial charge in [0.2, 0.25) is 0 Å². The van der Waals surface area contributed by atoms with Crippen LogP contribution in [-0.2, 0) is 16.3 Å². The lowest BCUT2D eigenvalue weighted by Crippen LogP contribution is -2.46. The molecule has 1 aliphatic heterocycles. The minimum absolute atomic E-state index is 0. The minimum Gasteiger partial charge on any atom is -0.356 e. The molecule has 142 valence electrons. The summed E-state index contributed by atoms with van der Waals surface area (Å²) in [7, 11) is -1.07. The molecule has 0 atom stereocenters. The summed E-state index contributed by atoms with van der Waals surface area (Å²) in [5.41, 5.74) is 1.22. The lowest BCUT2D eigenvalue weighted by Gasteiger charge is -2.26. The van der Waals surface area contributed by atoms with Gasteiger partial charge >= 0.3 is 0 Å². The van der Waals surface area contributed by atoms with E-state index in [9.17, 15) is 8.42 Å². The Kier molecular flexibility index (Phi) is 10.1. The zero-order chi connectivity index (χ0) is 17.4. The van der Waals surface area contributed by atoms with Crippen molar-refractivity contribution in [2.45, 2.75) is 6.42 Å². The largest absolute Gasteiger partial charge is 0.356 e. The van der Waals surface area contributed by atoms with E-state index >= 15 is 0 Å². The predicted octanol–water partition coefficient (Wildman–Crippen LogP) is 1.40. The van der Waals surface area contributed by atoms with Crippen molar-refractivity contribution in [3.63, 3.8) is 0 Å². The fraction of sp³-hybridized carbons (Fsp3) is 0.562. The first kappa shape index (κ1) is 22.5. The van der Waals surface area contributed by atoms with E-state index in [0.717, 1.165) is 37.0 Å². The normalized spacial score (nSPS) is 17.6. The Labute approximate surface area is 172 Å². The summed E-state index contributed by atoms with van der Waals surface area (Å²) in [6.07, 6.45) is 0.891. The van der Waals surface area contributed by atoms with Crippen molar-refractivity contribution in [1.82, 2.24) is 15.5 Å². The van der Waals surface area contributed by atoms with Gasteiger partial charge in [-0.05, 0) is 24.1 Å². The lowest BCUT2D eigenvalue weighted by molar-refractivity contribution is 0.299. The monoisotopic (exact) mass is 500 g/mol. The highest BCUT2D eigenvalue weighted by atomic mass is 127. The molecule has 0 saturated carbocycles. The molecule has 0 aliphatic carbocycles. The standard InChI is InChI=1S/C16H25ClN4O2S.HI/c1-18-16(19-7-6-14-2-4-15(17)5-3-14)20-8-9-21-10-12-24(22,23)13-11-21;/h2-5H,6-13H2,1H3,(H2,18,19,20);1H. The molecule has 2 rings (SSSR count). The van der Waals surface area contributed by atoms with E-state index in [1.54, 1.807) is 7.05 Å². The molecule has 2 N–H and O–H groups in total. The van der Waals surface area contributed by atoms with Crippen molar-refractivity contribution in [3.8, 4) is 0 Å². The third-order valence-corrected chi connectivity index (χ3v) is 5.86. The number of hydrogen-bond acceptors (Lipinski definition) is 4. The summed E-state index contributed by atoms with van der Waals surface area (Å²) in [5.74, 6) is 1.29.